The molecule has 0 aliphatic carbocycles. The molecular weight excluding hydrogens is 525 g/mol. The van der Waals surface area contributed by atoms with Crippen LogP contribution >= 0.6 is 11.6 Å². The van der Waals surface area contributed by atoms with Gasteiger partial charge in [-0.25, -0.2) is 9.67 Å². The lowest BCUT2D eigenvalue weighted by atomic mass is 10.1. The molecule has 0 saturated carbocycles. The van der Waals surface area contributed by atoms with Crippen LogP contribution in [0.4, 0.5) is 10.2 Å². The number of rotatable bonds is 13. The summed E-state index contributed by atoms with van der Waals surface area (Å²) in [6, 6.07) is 17.2. The summed E-state index contributed by atoms with van der Waals surface area (Å²) >= 11 is 6.46. The number of aromatic nitrogens is 3. The van der Waals surface area contributed by atoms with E-state index in [1.54, 1.807) is 55.6 Å². The van der Waals surface area contributed by atoms with E-state index in [0.717, 1.165) is 5.56 Å². The molecule has 1 N–H and O–H groups in total. The lowest BCUT2D eigenvalue weighted by Crippen LogP contribution is -2.24. The molecule has 39 heavy (non-hydrogen) atoms. The lowest BCUT2D eigenvalue weighted by Gasteiger charge is -2.14. The SMILES string of the molecule is COCCOCCOCCNc1nc(F)c(-c2nn(Cc3ccc(C#N)cc3)c(=O)c3ccccc23)cc1Cl. The largest absolute Gasteiger partial charge is 0.382 e. The van der Waals surface area contributed by atoms with Gasteiger partial charge in [0.1, 0.15) is 11.5 Å². The van der Waals surface area contributed by atoms with Gasteiger partial charge < -0.3 is 19.5 Å². The third kappa shape index (κ3) is 7.16. The van der Waals surface area contributed by atoms with Gasteiger partial charge in [-0.3, -0.25) is 4.79 Å². The number of pyridine rings is 1. The predicted octanol–water partition coefficient (Wildman–Crippen LogP) is 4.26. The van der Waals surface area contributed by atoms with Crippen molar-refractivity contribution in [2.45, 2.75) is 6.54 Å². The van der Waals surface area contributed by atoms with Crippen LogP contribution in [0.15, 0.2) is 59.4 Å². The Balaban J connectivity index is 1.54. The average molecular weight is 552 g/mol. The van der Waals surface area contributed by atoms with E-state index in [1.165, 1.54) is 10.7 Å². The Labute approximate surface area is 229 Å². The van der Waals surface area contributed by atoms with Crippen LogP contribution in [0.25, 0.3) is 22.0 Å². The summed E-state index contributed by atoms with van der Waals surface area (Å²) in [6.07, 6.45) is 0. The molecule has 2 aromatic carbocycles. The summed E-state index contributed by atoms with van der Waals surface area (Å²) in [7, 11) is 1.61. The van der Waals surface area contributed by atoms with Gasteiger partial charge in [0.15, 0.2) is 0 Å². The number of hydrogen-bond donors (Lipinski definition) is 1. The van der Waals surface area contributed by atoms with E-state index in [-0.39, 0.29) is 34.2 Å². The Morgan fingerprint density at radius 2 is 1.72 bits per heavy atom. The van der Waals surface area contributed by atoms with Gasteiger partial charge >= 0.3 is 0 Å². The molecule has 2 aromatic heterocycles. The van der Waals surface area contributed by atoms with Crippen molar-refractivity contribution in [3.63, 3.8) is 0 Å². The number of nitriles is 1. The summed E-state index contributed by atoms with van der Waals surface area (Å²) in [4.78, 5) is 17.2. The molecule has 0 radical (unpaired) electrons. The molecular formula is C28H27ClFN5O4. The molecule has 11 heteroatoms. The second-order valence-electron chi connectivity index (χ2n) is 8.47. The Bertz CT molecular complexity index is 1520. The molecule has 0 spiro atoms. The Hall–Kier alpha value is -3.88. The van der Waals surface area contributed by atoms with Crippen LogP contribution in [0, 0.1) is 17.3 Å². The molecule has 0 aliphatic heterocycles. The first-order chi connectivity index (χ1) is 19.0. The highest BCUT2D eigenvalue weighted by Gasteiger charge is 2.19. The lowest BCUT2D eigenvalue weighted by molar-refractivity contribution is 0.0272. The normalized spacial score (nSPS) is 11.0. The van der Waals surface area contributed by atoms with Gasteiger partial charge in [0.05, 0.1) is 67.2 Å². The fraction of sp³-hybridized carbons (Fsp3) is 0.286. The van der Waals surface area contributed by atoms with E-state index in [4.69, 9.17) is 31.1 Å². The zero-order valence-corrected chi connectivity index (χ0v) is 22.1. The summed E-state index contributed by atoms with van der Waals surface area (Å²) in [5.74, 6) is -0.608. The standard InChI is InChI=1S/C28H27ClFN5O4/c1-37-12-13-39-15-14-38-11-10-32-27-24(29)16-23(26(30)33-27)25-21-4-2-3-5-22(21)28(36)35(34-25)18-20-8-6-19(17-31)7-9-20/h2-9,16H,10-15,18H2,1H3,(H,32,33). The van der Waals surface area contributed by atoms with Crippen LogP contribution in [0.3, 0.4) is 0 Å². The molecule has 9 nitrogen and oxygen atoms in total. The van der Waals surface area contributed by atoms with Gasteiger partial charge in [-0.05, 0) is 29.8 Å². The van der Waals surface area contributed by atoms with Gasteiger partial charge in [-0.2, -0.15) is 14.8 Å². The minimum Gasteiger partial charge on any atom is -0.382 e. The monoisotopic (exact) mass is 551 g/mol. The van der Waals surface area contributed by atoms with Crippen LogP contribution in [0.2, 0.25) is 5.02 Å². The van der Waals surface area contributed by atoms with E-state index in [2.05, 4.69) is 21.5 Å². The zero-order valence-electron chi connectivity index (χ0n) is 21.3. The van der Waals surface area contributed by atoms with Crippen LogP contribution in [-0.4, -0.2) is 61.5 Å². The Kier molecular flexibility index (Phi) is 9.94. The molecule has 4 aromatic rings. The number of anilines is 1. The smallest absolute Gasteiger partial charge is 0.274 e. The Morgan fingerprint density at radius 1 is 1.03 bits per heavy atom. The number of nitrogens with one attached hydrogen (secondary N) is 1. The number of benzene rings is 2. The summed E-state index contributed by atoms with van der Waals surface area (Å²) in [6.45, 7) is 2.73. The molecule has 0 atom stereocenters. The van der Waals surface area contributed by atoms with Gasteiger partial charge in [0, 0.05) is 19.0 Å². The van der Waals surface area contributed by atoms with Crippen LogP contribution in [0.5, 0.6) is 0 Å². The number of halogens is 2. The topological polar surface area (TPSA) is 111 Å². The summed E-state index contributed by atoms with van der Waals surface area (Å²) < 4.78 is 32.3. The van der Waals surface area contributed by atoms with Crippen molar-refractivity contribution in [2.24, 2.45) is 0 Å². The molecule has 0 bridgehead atoms. The summed E-state index contributed by atoms with van der Waals surface area (Å²) in [5, 5.41) is 17.6. The van der Waals surface area contributed by atoms with Crippen molar-refractivity contribution in [3.05, 3.63) is 87.0 Å². The van der Waals surface area contributed by atoms with Crippen LogP contribution < -0.4 is 10.9 Å². The first-order valence-electron chi connectivity index (χ1n) is 12.3. The molecule has 2 heterocycles. The molecule has 202 valence electrons. The van der Waals surface area contributed by atoms with Gasteiger partial charge in [-0.15, -0.1) is 0 Å². The molecule has 0 amide bonds. The van der Waals surface area contributed by atoms with Crippen LogP contribution in [0.1, 0.15) is 11.1 Å². The molecule has 4 rings (SSSR count). The highest BCUT2D eigenvalue weighted by molar-refractivity contribution is 6.33. The van der Waals surface area contributed by atoms with Crippen molar-refractivity contribution >= 4 is 28.2 Å². The third-order valence-corrected chi connectivity index (χ3v) is 6.10. The predicted molar refractivity (Wildman–Crippen MR) is 146 cm³/mol. The first-order valence-corrected chi connectivity index (χ1v) is 12.6. The van der Waals surface area contributed by atoms with Crippen molar-refractivity contribution in [2.75, 3.05) is 52.0 Å². The maximum atomic E-state index is 15.3. The maximum absolute atomic E-state index is 15.3. The van der Waals surface area contributed by atoms with Gasteiger partial charge in [0.25, 0.3) is 5.56 Å². The maximum Gasteiger partial charge on any atom is 0.274 e. The number of hydrogen-bond acceptors (Lipinski definition) is 8. The quantitative estimate of drug-likeness (QED) is 0.194. The van der Waals surface area contributed by atoms with Crippen LogP contribution in [-0.2, 0) is 20.8 Å². The number of fused-ring (bicyclic) bond motifs is 1. The summed E-state index contributed by atoms with van der Waals surface area (Å²) in [5.41, 5.74) is 1.27. The molecule has 0 aliphatic rings. The average Bonchev–Trinajstić information content (AvgIpc) is 2.95. The van der Waals surface area contributed by atoms with E-state index in [9.17, 15) is 4.79 Å². The number of methoxy groups -OCH3 is 1. The highest BCUT2D eigenvalue weighted by atomic mass is 35.5. The van der Waals surface area contributed by atoms with Crippen molar-refractivity contribution in [3.8, 4) is 17.3 Å². The van der Waals surface area contributed by atoms with E-state index < -0.39 is 5.95 Å². The third-order valence-electron chi connectivity index (χ3n) is 5.81. The minimum absolute atomic E-state index is 0.0692. The molecule has 0 saturated heterocycles. The zero-order chi connectivity index (χ0) is 27.6. The number of ether oxygens (including phenoxy) is 3. The van der Waals surface area contributed by atoms with E-state index in [1.807, 2.05) is 0 Å². The van der Waals surface area contributed by atoms with Gasteiger partial charge in [0.2, 0.25) is 5.95 Å². The fourth-order valence-corrected chi connectivity index (χ4v) is 4.08. The molecule has 0 unspecified atom stereocenters. The fourth-order valence-electron chi connectivity index (χ4n) is 3.86. The first kappa shape index (κ1) is 28.1. The molecule has 0 fully saturated rings. The highest BCUT2D eigenvalue weighted by Crippen LogP contribution is 2.31. The second kappa shape index (κ2) is 13.8. The van der Waals surface area contributed by atoms with E-state index >= 15 is 4.39 Å². The van der Waals surface area contributed by atoms with Crippen molar-refractivity contribution < 1.29 is 18.6 Å². The number of nitrogens with zero attached hydrogens (tertiary/aromatic N) is 4. The van der Waals surface area contributed by atoms with E-state index in [0.29, 0.717) is 55.9 Å². The van der Waals surface area contributed by atoms with Crippen molar-refractivity contribution in [1.82, 2.24) is 14.8 Å². The minimum atomic E-state index is -0.782. The Morgan fingerprint density at radius 3 is 2.44 bits per heavy atom. The second-order valence-corrected chi connectivity index (χ2v) is 8.87. The van der Waals surface area contributed by atoms with Crippen molar-refractivity contribution in [1.29, 1.82) is 5.26 Å². The van der Waals surface area contributed by atoms with Gasteiger partial charge in [-0.1, -0.05) is 41.9 Å².